The Bertz CT molecular complexity index is 569. The van der Waals surface area contributed by atoms with Crippen molar-refractivity contribution in [1.82, 2.24) is 0 Å². The molecule has 0 unspecified atom stereocenters. The number of rotatable bonds is 3. The normalized spacial score (nSPS) is 11.9. The molecule has 0 amide bonds. The average molecular weight is 244 g/mol. The molecule has 0 aliphatic heterocycles. The van der Waals surface area contributed by atoms with Gasteiger partial charge in [0.1, 0.15) is 11.5 Å². The minimum Gasteiger partial charge on any atom is -0.508 e. The zero-order valence-electron chi connectivity index (χ0n) is 11.2. The number of aromatic hydroxyl groups is 2. The molecule has 2 N–H and O–H groups in total. The highest BCUT2D eigenvalue weighted by Crippen LogP contribution is 2.40. The van der Waals surface area contributed by atoms with Crippen molar-refractivity contribution in [3.63, 3.8) is 0 Å². The molecule has 2 aromatic rings. The van der Waals surface area contributed by atoms with E-state index in [2.05, 4.69) is 20.8 Å². The molecule has 0 aromatic heterocycles. The summed E-state index contributed by atoms with van der Waals surface area (Å²) >= 11 is 0. The van der Waals surface area contributed by atoms with Crippen molar-refractivity contribution in [3.05, 3.63) is 35.9 Å². The Kier molecular flexibility index (Phi) is 3.20. The van der Waals surface area contributed by atoms with Gasteiger partial charge in [0, 0.05) is 10.9 Å². The molecule has 96 valence electrons. The van der Waals surface area contributed by atoms with Gasteiger partial charge < -0.3 is 10.2 Å². The summed E-state index contributed by atoms with van der Waals surface area (Å²) in [5.74, 6) is 0.586. The van der Waals surface area contributed by atoms with Crippen LogP contribution in [0.1, 0.15) is 39.2 Å². The molecule has 0 atom stereocenters. The van der Waals surface area contributed by atoms with E-state index < -0.39 is 0 Å². The molecule has 18 heavy (non-hydrogen) atoms. The van der Waals surface area contributed by atoms with Crippen LogP contribution in [0, 0.1) is 0 Å². The van der Waals surface area contributed by atoms with E-state index in [-0.39, 0.29) is 11.2 Å². The minimum atomic E-state index is -0.0550. The monoisotopic (exact) mass is 244 g/mol. The van der Waals surface area contributed by atoms with E-state index in [4.69, 9.17) is 0 Å². The van der Waals surface area contributed by atoms with E-state index in [0.717, 1.165) is 29.2 Å². The SMILES string of the molecule is CCC(C)(CC)c1cc2c(O)cccc2cc1O. The Labute approximate surface area is 108 Å². The van der Waals surface area contributed by atoms with Crippen molar-refractivity contribution >= 4 is 10.8 Å². The van der Waals surface area contributed by atoms with Crippen molar-refractivity contribution in [1.29, 1.82) is 0 Å². The fourth-order valence-corrected chi connectivity index (χ4v) is 2.41. The smallest absolute Gasteiger partial charge is 0.123 e. The van der Waals surface area contributed by atoms with Gasteiger partial charge in [-0.25, -0.2) is 0 Å². The molecular weight excluding hydrogens is 224 g/mol. The lowest BCUT2D eigenvalue weighted by Gasteiger charge is -2.28. The molecule has 2 heteroatoms. The van der Waals surface area contributed by atoms with E-state index in [9.17, 15) is 10.2 Å². The fourth-order valence-electron chi connectivity index (χ4n) is 2.41. The molecule has 0 aliphatic carbocycles. The van der Waals surface area contributed by atoms with Crippen LogP contribution in [0.2, 0.25) is 0 Å². The number of phenolic OH excluding ortho intramolecular Hbond substituents is 2. The highest BCUT2D eigenvalue weighted by Gasteiger charge is 2.26. The van der Waals surface area contributed by atoms with Gasteiger partial charge in [-0.3, -0.25) is 0 Å². The van der Waals surface area contributed by atoms with E-state index in [1.165, 1.54) is 0 Å². The second-order valence-electron chi connectivity index (χ2n) is 5.14. The molecule has 0 radical (unpaired) electrons. The van der Waals surface area contributed by atoms with Gasteiger partial charge in [0.25, 0.3) is 0 Å². The average Bonchev–Trinajstić information content (AvgIpc) is 2.37. The van der Waals surface area contributed by atoms with Gasteiger partial charge in [0.15, 0.2) is 0 Å². The Balaban J connectivity index is 2.72. The van der Waals surface area contributed by atoms with Crippen LogP contribution in [0.5, 0.6) is 11.5 Å². The minimum absolute atomic E-state index is 0.0550. The van der Waals surface area contributed by atoms with E-state index in [1.807, 2.05) is 12.1 Å². The lowest BCUT2D eigenvalue weighted by atomic mass is 9.76. The van der Waals surface area contributed by atoms with Crippen LogP contribution in [0.3, 0.4) is 0 Å². The van der Waals surface area contributed by atoms with E-state index >= 15 is 0 Å². The summed E-state index contributed by atoms with van der Waals surface area (Å²) < 4.78 is 0. The van der Waals surface area contributed by atoms with Crippen LogP contribution >= 0.6 is 0 Å². The molecule has 0 bridgehead atoms. The molecule has 0 saturated heterocycles. The van der Waals surface area contributed by atoms with Crippen LogP contribution in [-0.2, 0) is 5.41 Å². The zero-order valence-corrected chi connectivity index (χ0v) is 11.2. The van der Waals surface area contributed by atoms with Crippen LogP contribution in [0.4, 0.5) is 0 Å². The number of hydrogen-bond donors (Lipinski definition) is 2. The van der Waals surface area contributed by atoms with Gasteiger partial charge in [-0.15, -0.1) is 0 Å². The predicted octanol–water partition coefficient (Wildman–Crippen LogP) is 4.33. The molecule has 2 rings (SSSR count). The lowest BCUT2D eigenvalue weighted by molar-refractivity contribution is 0.398. The molecular formula is C16H20O2. The number of benzene rings is 2. The Hall–Kier alpha value is -1.70. The highest BCUT2D eigenvalue weighted by atomic mass is 16.3. The summed E-state index contributed by atoms with van der Waals surface area (Å²) in [5, 5.41) is 21.8. The molecule has 0 fully saturated rings. The van der Waals surface area contributed by atoms with Crippen LogP contribution in [-0.4, -0.2) is 10.2 Å². The molecule has 2 nitrogen and oxygen atoms in total. The lowest BCUT2D eigenvalue weighted by Crippen LogP contribution is -2.19. The number of fused-ring (bicyclic) bond motifs is 1. The second-order valence-corrected chi connectivity index (χ2v) is 5.14. The van der Waals surface area contributed by atoms with Gasteiger partial charge in [0.2, 0.25) is 0 Å². The van der Waals surface area contributed by atoms with Gasteiger partial charge >= 0.3 is 0 Å². The zero-order chi connectivity index (χ0) is 13.3. The first-order valence-corrected chi connectivity index (χ1v) is 6.47. The summed E-state index contributed by atoms with van der Waals surface area (Å²) in [6.45, 7) is 6.39. The van der Waals surface area contributed by atoms with Crippen molar-refractivity contribution in [2.75, 3.05) is 0 Å². The maximum atomic E-state index is 10.2. The molecule has 0 heterocycles. The van der Waals surface area contributed by atoms with Crippen LogP contribution in [0.15, 0.2) is 30.3 Å². The third-order valence-electron chi connectivity index (χ3n) is 4.18. The molecule has 0 spiro atoms. The van der Waals surface area contributed by atoms with Crippen molar-refractivity contribution in [2.45, 2.75) is 39.0 Å². The Morgan fingerprint density at radius 2 is 1.67 bits per heavy atom. The summed E-state index contributed by atoms with van der Waals surface area (Å²) in [7, 11) is 0. The van der Waals surface area contributed by atoms with Gasteiger partial charge in [-0.05, 0) is 41.8 Å². The summed E-state index contributed by atoms with van der Waals surface area (Å²) in [5.41, 5.74) is 0.863. The topological polar surface area (TPSA) is 40.5 Å². The first-order valence-electron chi connectivity index (χ1n) is 6.47. The third-order valence-corrected chi connectivity index (χ3v) is 4.18. The van der Waals surface area contributed by atoms with Gasteiger partial charge in [-0.1, -0.05) is 32.9 Å². The first-order chi connectivity index (χ1) is 8.51. The standard InChI is InChI=1S/C16H20O2/c1-4-16(3,5-2)13-10-12-11(9-15(13)18)7-6-8-14(12)17/h6-10,17-18H,4-5H2,1-3H3. The second kappa shape index (κ2) is 4.52. The third kappa shape index (κ3) is 1.92. The molecule has 2 aromatic carbocycles. The Morgan fingerprint density at radius 1 is 1.00 bits per heavy atom. The van der Waals surface area contributed by atoms with Gasteiger partial charge in [-0.2, -0.15) is 0 Å². The first kappa shape index (κ1) is 12.7. The van der Waals surface area contributed by atoms with Crippen molar-refractivity contribution < 1.29 is 10.2 Å². The maximum Gasteiger partial charge on any atom is 0.123 e. The summed E-state index contributed by atoms with van der Waals surface area (Å²) in [4.78, 5) is 0. The summed E-state index contributed by atoms with van der Waals surface area (Å²) in [6, 6.07) is 9.03. The molecule has 0 aliphatic rings. The number of phenols is 2. The summed E-state index contributed by atoms with van der Waals surface area (Å²) in [6.07, 6.45) is 1.91. The Morgan fingerprint density at radius 3 is 2.28 bits per heavy atom. The van der Waals surface area contributed by atoms with Crippen LogP contribution in [0.25, 0.3) is 10.8 Å². The van der Waals surface area contributed by atoms with Crippen molar-refractivity contribution in [3.8, 4) is 11.5 Å². The largest absolute Gasteiger partial charge is 0.508 e. The quantitative estimate of drug-likeness (QED) is 0.843. The van der Waals surface area contributed by atoms with Crippen molar-refractivity contribution in [2.24, 2.45) is 0 Å². The number of hydrogen-bond acceptors (Lipinski definition) is 2. The predicted molar refractivity (Wildman–Crippen MR) is 75.2 cm³/mol. The fraction of sp³-hybridized carbons (Fsp3) is 0.375. The van der Waals surface area contributed by atoms with Crippen LogP contribution < -0.4 is 0 Å². The van der Waals surface area contributed by atoms with E-state index in [0.29, 0.717) is 5.75 Å². The van der Waals surface area contributed by atoms with E-state index in [1.54, 1.807) is 18.2 Å². The van der Waals surface area contributed by atoms with Gasteiger partial charge in [0.05, 0.1) is 0 Å². The highest BCUT2D eigenvalue weighted by molar-refractivity contribution is 5.90. The molecule has 0 saturated carbocycles. The maximum absolute atomic E-state index is 10.2.